The van der Waals surface area contributed by atoms with Gasteiger partial charge in [-0.2, -0.15) is 5.10 Å². The molecule has 202 valence electrons. The van der Waals surface area contributed by atoms with Crippen LogP contribution in [0.15, 0.2) is 53.7 Å². The number of allylic oxidation sites excluding steroid dienone is 1. The van der Waals surface area contributed by atoms with Crippen LogP contribution in [0.5, 0.6) is 0 Å². The van der Waals surface area contributed by atoms with Gasteiger partial charge in [0.1, 0.15) is 5.69 Å². The first-order valence-corrected chi connectivity index (χ1v) is 13.2. The molecule has 0 aliphatic carbocycles. The van der Waals surface area contributed by atoms with Gasteiger partial charge in [-0.1, -0.05) is 17.2 Å². The van der Waals surface area contributed by atoms with Crippen LogP contribution in [0.25, 0.3) is 22.2 Å². The van der Waals surface area contributed by atoms with Crippen molar-refractivity contribution < 1.29 is 9.53 Å². The van der Waals surface area contributed by atoms with Crippen molar-refractivity contribution in [1.29, 1.82) is 0 Å². The minimum absolute atomic E-state index is 0.176. The number of anilines is 3. The number of rotatable bonds is 4. The van der Waals surface area contributed by atoms with Crippen LogP contribution in [0.3, 0.4) is 0 Å². The fourth-order valence-corrected chi connectivity index (χ4v) is 5.81. The van der Waals surface area contributed by atoms with Gasteiger partial charge in [-0.05, 0) is 75.4 Å². The minimum Gasteiger partial charge on any atom is -0.372 e. The van der Waals surface area contributed by atoms with E-state index in [2.05, 4.69) is 74.1 Å². The van der Waals surface area contributed by atoms with Crippen LogP contribution in [0, 0.1) is 0 Å². The zero-order chi connectivity index (χ0) is 27.5. The van der Waals surface area contributed by atoms with E-state index in [0.29, 0.717) is 17.2 Å². The molecule has 2 aromatic heterocycles. The molecule has 4 heterocycles. The number of nitrogens with zero attached hydrogens (tertiary/aromatic N) is 7. The van der Waals surface area contributed by atoms with Gasteiger partial charge in [0.2, 0.25) is 5.95 Å². The molecule has 0 bridgehead atoms. The molecule has 4 aromatic rings. The SMILES string of the molecule is CC1=C(C(=O)Nc2ccc3[nH]nc(-c4cccc(N5C[C@@H](C)O[C@@H](C)C5)c4)c3c2)C(C)(C)n2nnnc2N1C. The number of hydrogen-bond donors (Lipinski definition) is 2. The number of fused-ring (bicyclic) bond motifs is 2. The summed E-state index contributed by atoms with van der Waals surface area (Å²) < 4.78 is 7.59. The van der Waals surface area contributed by atoms with Crippen LogP contribution in [0.1, 0.15) is 34.6 Å². The number of carbonyl (C=O) groups is 1. The van der Waals surface area contributed by atoms with E-state index in [1.54, 1.807) is 4.68 Å². The number of morpholine rings is 1. The number of tetrazole rings is 1. The molecule has 39 heavy (non-hydrogen) atoms. The van der Waals surface area contributed by atoms with E-state index >= 15 is 0 Å². The molecule has 0 spiro atoms. The van der Waals surface area contributed by atoms with Crippen molar-refractivity contribution in [3.05, 3.63) is 53.7 Å². The number of ether oxygens (including phenoxy) is 1. The highest BCUT2D eigenvalue weighted by molar-refractivity contribution is 6.07. The molecule has 2 aliphatic rings. The van der Waals surface area contributed by atoms with E-state index in [0.717, 1.165) is 46.6 Å². The van der Waals surface area contributed by atoms with Crippen molar-refractivity contribution in [3.63, 3.8) is 0 Å². The van der Waals surface area contributed by atoms with Crippen LogP contribution < -0.4 is 15.1 Å². The molecule has 0 saturated carbocycles. The van der Waals surface area contributed by atoms with Crippen molar-refractivity contribution in [3.8, 4) is 11.3 Å². The Morgan fingerprint density at radius 2 is 1.90 bits per heavy atom. The Morgan fingerprint density at radius 1 is 1.13 bits per heavy atom. The second-order valence-electron chi connectivity index (χ2n) is 11.0. The first kappa shape index (κ1) is 25.1. The Hall–Kier alpha value is -4.25. The van der Waals surface area contributed by atoms with Gasteiger partial charge >= 0.3 is 0 Å². The highest BCUT2D eigenvalue weighted by Gasteiger charge is 2.41. The summed E-state index contributed by atoms with van der Waals surface area (Å²) in [5.74, 6) is 0.397. The van der Waals surface area contributed by atoms with Gasteiger partial charge in [-0.25, -0.2) is 4.68 Å². The van der Waals surface area contributed by atoms with Crippen LogP contribution in [0.2, 0.25) is 0 Å². The quantitative estimate of drug-likeness (QED) is 0.410. The molecule has 2 aromatic carbocycles. The predicted molar refractivity (Wildman–Crippen MR) is 151 cm³/mol. The molecule has 2 atom stereocenters. The maximum atomic E-state index is 13.7. The first-order valence-electron chi connectivity index (χ1n) is 13.2. The molecule has 0 radical (unpaired) electrons. The fraction of sp³-hybridized carbons (Fsp3) is 0.393. The lowest BCUT2D eigenvalue weighted by atomic mass is 9.89. The number of aromatic amines is 1. The zero-order valence-electron chi connectivity index (χ0n) is 23.1. The minimum atomic E-state index is -0.723. The summed E-state index contributed by atoms with van der Waals surface area (Å²) in [6.07, 6.45) is 0.352. The molecule has 2 N–H and O–H groups in total. The zero-order valence-corrected chi connectivity index (χ0v) is 23.1. The van der Waals surface area contributed by atoms with Crippen LogP contribution in [-0.4, -0.2) is 68.7 Å². The van der Waals surface area contributed by atoms with Gasteiger partial charge < -0.3 is 19.9 Å². The Balaban J connectivity index is 1.31. The summed E-state index contributed by atoms with van der Waals surface area (Å²) in [5.41, 5.74) is 5.24. The van der Waals surface area contributed by atoms with E-state index in [-0.39, 0.29) is 18.1 Å². The molecule has 1 saturated heterocycles. The summed E-state index contributed by atoms with van der Waals surface area (Å²) in [4.78, 5) is 17.8. The highest BCUT2D eigenvalue weighted by Crippen LogP contribution is 2.38. The lowest BCUT2D eigenvalue weighted by Crippen LogP contribution is -2.45. The van der Waals surface area contributed by atoms with Gasteiger partial charge in [-0.15, -0.1) is 0 Å². The maximum Gasteiger partial charge on any atom is 0.255 e. The maximum absolute atomic E-state index is 13.7. The number of carbonyl (C=O) groups excluding carboxylic acids is 1. The van der Waals surface area contributed by atoms with Crippen molar-refractivity contribution in [2.45, 2.75) is 52.4 Å². The van der Waals surface area contributed by atoms with Crippen LogP contribution in [-0.2, 0) is 15.1 Å². The molecule has 1 fully saturated rings. The third-order valence-corrected chi connectivity index (χ3v) is 7.71. The number of aromatic nitrogens is 6. The highest BCUT2D eigenvalue weighted by atomic mass is 16.5. The fourth-order valence-electron chi connectivity index (χ4n) is 5.81. The largest absolute Gasteiger partial charge is 0.372 e. The molecule has 11 heteroatoms. The Morgan fingerprint density at radius 3 is 2.67 bits per heavy atom. The van der Waals surface area contributed by atoms with E-state index in [1.807, 2.05) is 50.9 Å². The Kier molecular flexibility index (Phi) is 5.91. The molecule has 11 nitrogen and oxygen atoms in total. The monoisotopic (exact) mass is 527 g/mol. The summed E-state index contributed by atoms with van der Waals surface area (Å²) in [6, 6.07) is 14.2. The normalized spacial score (nSPS) is 20.9. The van der Waals surface area contributed by atoms with E-state index in [4.69, 9.17) is 4.74 Å². The summed E-state index contributed by atoms with van der Waals surface area (Å²) in [6.45, 7) is 11.7. The van der Waals surface area contributed by atoms with E-state index in [1.165, 1.54) is 0 Å². The molecular formula is C28H33N9O2. The van der Waals surface area contributed by atoms with Crippen molar-refractivity contribution in [2.75, 3.05) is 35.3 Å². The number of amides is 1. The Labute approximate surface area is 226 Å². The Bertz CT molecular complexity index is 1590. The molecule has 6 rings (SSSR count). The van der Waals surface area contributed by atoms with Crippen molar-refractivity contribution >= 4 is 34.1 Å². The van der Waals surface area contributed by atoms with Crippen molar-refractivity contribution in [1.82, 2.24) is 30.4 Å². The van der Waals surface area contributed by atoms with Crippen LogP contribution >= 0.6 is 0 Å². The average molecular weight is 528 g/mol. The molecule has 0 unspecified atom stereocenters. The number of hydrogen-bond acceptors (Lipinski definition) is 8. The summed E-state index contributed by atoms with van der Waals surface area (Å²) in [5, 5.41) is 23.9. The standard InChI is InChI=1S/C28H33N9O2/c1-16-14-36(15-17(2)39-16)21-9-7-8-19(12-21)25-22-13-20(10-11-23(22)30-31-25)29-26(38)24-18(3)35(6)27-32-33-34-37(27)28(24,4)5/h7-13,16-17H,14-15H2,1-6H3,(H,29,38)(H,30,31)/t16-,17+. The van der Waals surface area contributed by atoms with Crippen LogP contribution in [0.4, 0.5) is 17.3 Å². The third kappa shape index (κ3) is 4.22. The van der Waals surface area contributed by atoms with E-state index < -0.39 is 5.54 Å². The lowest BCUT2D eigenvalue weighted by Gasteiger charge is -2.37. The second kappa shape index (κ2) is 9.19. The number of H-pyrrole nitrogens is 1. The second-order valence-corrected chi connectivity index (χ2v) is 11.0. The summed E-state index contributed by atoms with van der Waals surface area (Å²) in [7, 11) is 1.86. The van der Waals surface area contributed by atoms with Gasteiger partial charge in [-0.3, -0.25) is 9.89 Å². The predicted octanol–water partition coefficient (Wildman–Crippen LogP) is 3.93. The first-order chi connectivity index (χ1) is 18.6. The number of benzene rings is 2. The molecule has 2 aliphatic heterocycles. The number of nitrogens with one attached hydrogen (secondary N) is 2. The smallest absolute Gasteiger partial charge is 0.255 e. The van der Waals surface area contributed by atoms with Gasteiger partial charge in [0, 0.05) is 48.2 Å². The molecular weight excluding hydrogens is 494 g/mol. The topological polar surface area (TPSA) is 117 Å². The van der Waals surface area contributed by atoms with Gasteiger partial charge in [0.05, 0.1) is 28.8 Å². The van der Waals surface area contributed by atoms with E-state index in [9.17, 15) is 4.79 Å². The lowest BCUT2D eigenvalue weighted by molar-refractivity contribution is -0.113. The van der Waals surface area contributed by atoms with Gasteiger partial charge in [0.25, 0.3) is 5.91 Å². The van der Waals surface area contributed by atoms with Gasteiger partial charge in [0.15, 0.2) is 0 Å². The average Bonchev–Trinajstić information content (AvgIpc) is 3.55. The molecule has 1 amide bonds. The van der Waals surface area contributed by atoms with Crippen molar-refractivity contribution in [2.24, 2.45) is 0 Å². The third-order valence-electron chi connectivity index (χ3n) is 7.71. The summed E-state index contributed by atoms with van der Waals surface area (Å²) >= 11 is 0.